The summed E-state index contributed by atoms with van der Waals surface area (Å²) in [6.07, 6.45) is 5.38. The number of rotatable bonds is 2. The fourth-order valence-corrected chi connectivity index (χ4v) is 2.49. The first-order chi connectivity index (χ1) is 7.86. The Bertz CT molecular complexity index is 500. The van der Waals surface area contributed by atoms with Gasteiger partial charge in [-0.3, -0.25) is 4.98 Å². The summed E-state index contributed by atoms with van der Waals surface area (Å²) >= 11 is 0. The normalized spacial score (nSPS) is 25.3. The summed E-state index contributed by atoms with van der Waals surface area (Å²) in [6, 6.07) is 3.76. The lowest BCUT2D eigenvalue weighted by molar-refractivity contribution is 0.176. The van der Waals surface area contributed by atoms with Gasteiger partial charge in [0.2, 0.25) is 0 Å². The quantitative estimate of drug-likeness (QED) is 0.800. The van der Waals surface area contributed by atoms with Gasteiger partial charge >= 0.3 is 0 Å². The predicted molar refractivity (Wildman–Crippen MR) is 60.0 cm³/mol. The van der Waals surface area contributed by atoms with Crippen molar-refractivity contribution in [2.45, 2.75) is 18.4 Å². The lowest BCUT2D eigenvalue weighted by Gasteiger charge is -2.26. The zero-order valence-electron chi connectivity index (χ0n) is 8.94. The van der Waals surface area contributed by atoms with Gasteiger partial charge in [-0.1, -0.05) is 0 Å². The van der Waals surface area contributed by atoms with Crippen LogP contribution in [0.5, 0.6) is 0 Å². The molecule has 3 heterocycles. The van der Waals surface area contributed by atoms with E-state index in [1.165, 1.54) is 0 Å². The molecule has 1 fully saturated rings. The second kappa shape index (κ2) is 3.57. The fraction of sp³-hybridized carbons (Fsp3) is 0.417. The van der Waals surface area contributed by atoms with Crippen molar-refractivity contribution in [2.24, 2.45) is 0 Å². The first-order valence-corrected chi connectivity index (χ1v) is 5.54. The Kier molecular flexibility index (Phi) is 2.19. The van der Waals surface area contributed by atoms with Crippen molar-refractivity contribution in [3.8, 4) is 0 Å². The molecule has 1 atom stereocenters. The molecule has 0 saturated carbocycles. The molecule has 0 radical (unpaired) electrons. The fourth-order valence-electron chi connectivity index (χ4n) is 2.49. The molecule has 1 saturated heterocycles. The maximum absolute atomic E-state index is 9.63. The smallest absolute Gasteiger partial charge is 0.137 e. The number of hydrogen-bond donors (Lipinski definition) is 2. The van der Waals surface area contributed by atoms with Gasteiger partial charge in [0.15, 0.2) is 0 Å². The van der Waals surface area contributed by atoms with Crippen molar-refractivity contribution in [2.75, 3.05) is 13.2 Å². The maximum Gasteiger partial charge on any atom is 0.137 e. The van der Waals surface area contributed by atoms with E-state index in [0.29, 0.717) is 0 Å². The Labute approximate surface area is 93.3 Å². The molecule has 4 heteroatoms. The van der Waals surface area contributed by atoms with Gasteiger partial charge in [0, 0.05) is 11.6 Å². The molecular formula is C12H14N2O2. The molecule has 3 rings (SSSR count). The van der Waals surface area contributed by atoms with Gasteiger partial charge in [-0.25, -0.2) is 0 Å². The molecule has 1 aliphatic heterocycles. The molecule has 0 spiro atoms. The number of aliphatic hydroxyl groups excluding tert-OH is 1. The lowest BCUT2D eigenvalue weighted by atomic mass is 9.91. The first-order valence-electron chi connectivity index (χ1n) is 5.54. The minimum atomic E-state index is -0.386. The number of nitrogens with zero attached hydrogens (tertiary/aromatic N) is 1. The van der Waals surface area contributed by atoms with Crippen molar-refractivity contribution in [3.63, 3.8) is 0 Å². The molecule has 2 N–H and O–H groups in total. The highest BCUT2D eigenvalue weighted by Gasteiger charge is 2.37. The third kappa shape index (κ3) is 1.27. The average molecular weight is 218 g/mol. The minimum absolute atomic E-state index is 0.0737. The molecule has 0 unspecified atom stereocenters. The molecule has 4 nitrogen and oxygen atoms in total. The highest BCUT2D eigenvalue weighted by molar-refractivity contribution is 5.80. The summed E-state index contributed by atoms with van der Waals surface area (Å²) < 4.78 is 5.36. The number of pyridine rings is 1. The van der Waals surface area contributed by atoms with Gasteiger partial charge in [-0.2, -0.15) is 0 Å². The van der Waals surface area contributed by atoms with E-state index in [1.807, 2.05) is 12.1 Å². The van der Waals surface area contributed by atoms with Gasteiger partial charge in [-0.05, 0) is 31.5 Å². The second-order valence-electron chi connectivity index (χ2n) is 4.26. The highest BCUT2D eigenvalue weighted by Crippen LogP contribution is 2.33. The highest BCUT2D eigenvalue weighted by atomic mass is 16.3. The molecule has 0 aromatic carbocycles. The number of fused-ring (bicyclic) bond motifs is 1. The van der Waals surface area contributed by atoms with E-state index in [-0.39, 0.29) is 12.1 Å². The third-order valence-corrected chi connectivity index (χ3v) is 3.35. The van der Waals surface area contributed by atoms with E-state index in [0.717, 1.165) is 36.0 Å². The Balaban J connectivity index is 2.20. The van der Waals surface area contributed by atoms with E-state index in [9.17, 15) is 5.11 Å². The van der Waals surface area contributed by atoms with Crippen LogP contribution in [0.25, 0.3) is 11.0 Å². The molecule has 16 heavy (non-hydrogen) atoms. The van der Waals surface area contributed by atoms with E-state index in [4.69, 9.17) is 4.42 Å². The number of nitrogens with one attached hydrogen (secondary N) is 1. The van der Waals surface area contributed by atoms with Crippen LogP contribution in [0.4, 0.5) is 0 Å². The van der Waals surface area contributed by atoms with Gasteiger partial charge in [-0.15, -0.1) is 0 Å². The standard InChI is InChI=1S/C12H14N2O2/c15-8-12(4-1-5-14-12)11-9-3-7-16-10(9)2-6-13-11/h2-3,6-7,14-15H,1,4-5,8H2/t12-/m0/s1. The number of hydrogen-bond acceptors (Lipinski definition) is 4. The zero-order chi connectivity index (χ0) is 11.0. The Morgan fingerprint density at radius 2 is 2.44 bits per heavy atom. The van der Waals surface area contributed by atoms with Crippen LogP contribution in [0.2, 0.25) is 0 Å². The predicted octanol–water partition coefficient (Wildman–Crippen LogP) is 1.40. The Hall–Kier alpha value is -1.39. The summed E-state index contributed by atoms with van der Waals surface area (Å²) in [5.41, 5.74) is 1.34. The average Bonchev–Trinajstić information content (AvgIpc) is 2.98. The monoisotopic (exact) mass is 218 g/mol. The molecule has 0 bridgehead atoms. The van der Waals surface area contributed by atoms with Crippen LogP contribution in [0.15, 0.2) is 29.0 Å². The molecule has 1 aliphatic rings. The molecule has 2 aromatic heterocycles. The molecule has 0 amide bonds. The Morgan fingerprint density at radius 3 is 3.19 bits per heavy atom. The Morgan fingerprint density at radius 1 is 1.50 bits per heavy atom. The summed E-state index contributed by atoms with van der Waals surface area (Å²) in [5.74, 6) is 0. The van der Waals surface area contributed by atoms with Gasteiger partial charge < -0.3 is 14.8 Å². The number of aromatic nitrogens is 1. The largest absolute Gasteiger partial charge is 0.464 e. The van der Waals surface area contributed by atoms with Crippen molar-refractivity contribution < 1.29 is 9.52 Å². The van der Waals surface area contributed by atoms with E-state index < -0.39 is 0 Å². The zero-order valence-corrected chi connectivity index (χ0v) is 8.94. The van der Waals surface area contributed by atoms with Crippen LogP contribution in [0.1, 0.15) is 18.5 Å². The molecule has 2 aromatic rings. The maximum atomic E-state index is 9.63. The van der Waals surface area contributed by atoms with Crippen molar-refractivity contribution in [1.29, 1.82) is 0 Å². The van der Waals surface area contributed by atoms with E-state index in [2.05, 4.69) is 10.3 Å². The van der Waals surface area contributed by atoms with Crippen molar-refractivity contribution in [1.82, 2.24) is 10.3 Å². The van der Waals surface area contributed by atoms with Crippen LogP contribution in [-0.4, -0.2) is 23.2 Å². The van der Waals surface area contributed by atoms with Gasteiger partial charge in [0.1, 0.15) is 5.58 Å². The molecule has 0 aliphatic carbocycles. The topological polar surface area (TPSA) is 58.3 Å². The number of aliphatic hydroxyl groups is 1. The summed E-state index contributed by atoms with van der Waals surface area (Å²) in [4.78, 5) is 4.42. The van der Waals surface area contributed by atoms with Crippen molar-refractivity contribution >= 4 is 11.0 Å². The molecule has 84 valence electrons. The van der Waals surface area contributed by atoms with Crippen LogP contribution in [0.3, 0.4) is 0 Å². The molecular weight excluding hydrogens is 204 g/mol. The summed E-state index contributed by atoms with van der Waals surface area (Å²) in [6.45, 7) is 1.00. The second-order valence-corrected chi connectivity index (χ2v) is 4.26. The van der Waals surface area contributed by atoms with Crippen LogP contribution < -0.4 is 5.32 Å². The van der Waals surface area contributed by atoms with E-state index >= 15 is 0 Å². The lowest BCUT2D eigenvalue weighted by Crippen LogP contribution is -2.41. The van der Waals surface area contributed by atoms with Gasteiger partial charge in [0.05, 0.1) is 24.1 Å². The van der Waals surface area contributed by atoms with Crippen LogP contribution in [0, 0.1) is 0 Å². The first kappa shape index (κ1) is 9.81. The van der Waals surface area contributed by atoms with Crippen LogP contribution in [-0.2, 0) is 5.54 Å². The van der Waals surface area contributed by atoms with Crippen LogP contribution >= 0.6 is 0 Å². The minimum Gasteiger partial charge on any atom is -0.464 e. The number of furan rings is 1. The SMILES string of the molecule is OC[C@]1(c2nccc3occc23)CCCN1. The summed E-state index contributed by atoms with van der Waals surface area (Å²) in [7, 11) is 0. The van der Waals surface area contributed by atoms with Gasteiger partial charge in [0.25, 0.3) is 0 Å². The third-order valence-electron chi connectivity index (χ3n) is 3.35. The summed E-state index contributed by atoms with van der Waals surface area (Å²) in [5, 5.41) is 14.0. The van der Waals surface area contributed by atoms with Crippen molar-refractivity contribution in [3.05, 3.63) is 30.3 Å². The van der Waals surface area contributed by atoms with E-state index in [1.54, 1.807) is 12.5 Å².